The van der Waals surface area contributed by atoms with Crippen LogP contribution in [0.2, 0.25) is 0 Å². The van der Waals surface area contributed by atoms with Crippen LogP contribution in [-0.2, 0) is 0 Å². The minimum Gasteiger partial charge on any atom is -0.243 e. The Hall–Kier alpha value is -1.03. The third-order valence-electron chi connectivity index (χ3n) is 2.25. The van der Waals surface area contributed by atoms with Crippen LogP contribution in [0.5, 0.6) is 0 Å². The Morgan fingerprint density at radius 2 is 1.75 bits per heavy atom. The van der Waals surface area contributed by atoms with Gasteiger partial charge in [-0.15, -0.1) is 11.8 Å². The third kappa shape index (κ3) is 2.38. The molecule has 16 heavy (non-hydrogen) atoms. The lowest BCUT2D eigenvalue weighted by Crippen LogP contribution is -1.89. The van der Waals surface area contributed by atoms with Crippen LogP contribution in [0.15, 0.2) is 21.7 Å². The Kier molecular flexibility index (Phi) is 4.80. The van der Waals surface area contributed by atoms with Gasteiger partial charge in [-0.2, -0.15) is 0 Å². The van der Waals surface area contributed by atoms with E-state index in [9.17, 15) is 0 Å². The van der Waals surface area contributed by atoms with E-state index in [0.29, 0.717) is 5.92 Å². The van der Waals surface area contributed by atoms with Crippen molar-refractivity contribution in [2.24, 2.45) is 0 Å². The van der Waals surface area contributed by atoms with Gasteiger partial charge in [0.05, 0.1) is 0 Å². The fraction of sp³-hybridized carbons (Fsp3) is 0.500. The predicted molar refractivity (Wildman–Crippen MR) is 69.0 cm³/mol. The van der Waals surface area contributed by atoms with Gasteiger partial charge in [-0.1, -0.05) is 33.8 Å². The molecule has 0 saturated heterocycles. The van der Waals surface area contributed by atoms with Crippen molar-refractivity contribution in [3.8, 4) is 0 Å². The van der Waals surface area contributed by atoms with Crippen molar-refractivity contribution in [2.75, 3.05) is 6.26 Å². The maximum absolute atomic E-state index is 4.78. The molecular weight excluding hydrogens is 220 g/mol. The largest absolute Gasteiger partial charge is 0.243 e. The SMILES string of the molecule is CC.CSc1ccc(C(C)C)c2nonc12. The number of aromatic nitrogens is 2. The first kappa shape index (κ1) is 13.0. The Morgan fingerprint density at radius 1 is 1.12 bits per heavy atom. The van der Waals surface area contributed by atoms with Crippen LogP contribution in [0.25, 0.3) is 11.0 Å². The zero-order chi connectivity index (χ0) is 12.1. The van der Waals surface area contributed by atoms with Gasteiger partial charge in [-0.25, -0.2) is 4.63 Å². The van der Waals surface area contributed by atoms with Crippen molar-refractivity contribution in [1.29, 1.82) is 0 Å². The molecule has 1 aromatic heterocycles. The van der Waals surface area contributed by atoms with Gasteiger partial charge in [0.1, 0.15) is 11.0 Å². The van der Waals surface area contributed by atoms with Crippen molar-refractivity contribution < 1.29 is 4.63 Å². The molecule has 0 atom stereocenters. The molecule has 0 bridgehead atoms. The highest BCUT2D eigenvalue weighted by Crippen LogP contribution is 2.29. The second kappa shape index (κ2) is 5.89. The van der Waals surface area contributed by atoms with Crippen LogP contribution >= 0.6 is 11.8 Å². The Morgan fingerprint density at radius 3 is 2.31 bits per heavy atom. The van der Waals surface area contributed by atoms with E-state index in [1.807, 2.05) is 20.1 Å². The van der Waals surface area contributed by atoms with Gasteiger partial charge in [0, 0.05) is 4.90 Å². The topological polar surface area (TPSA) is 38.9 Å². The summed E-state index contributed by atoms with van der Waals surface area (Å²) in [5.74, 6) is 0.445. The third-order valence-corrected chi connectivity index (χ3v) is 3.02. The van der Waals surface area contributed by atoms with Crippen LogP contribution < -0.4 is 0 Å². The number of hydrogen-bond acceptors (Lipinski definition) is 4. The number of hydrogen-bond donors (Lipinski definition) is 0. The smallest absolute Gasteiger partial charge is 0.149 e. The maximum atomic E-state index is 4.78. The molecule has 4 heteroatoms. The van der Waals surface area contributed by atoms with E-state index in [0.717, 1.165) is 15.9 Å². The monoisotopic (exact) mass is 238 g/mol. The number of benzene rings is 1. The molecule has 0 radical (unpaired) electrons. The molecule has 88 valence electrons. The number of nitrogens with zero attached hydrogens (tertiary/aromatic N) is 2. The summed E-state index contributed by atoms with van der Waals surface area (Å²) in [6.45, 7) is 8.28. The first-order valence-electron chi connectivity index (χ1n) is 5.53. The molecule has 3 nitrogen and oxygen atoms in total. The van der Waals surface area contributed by atoms with Gasteiger partial charge in [-0.3, -0.25) is 0 Å². The van der Waals surface area contributed by atoms with Crippen LogP contribution in [0.3, 0.4) is 0 Å². The molecule has 0 saturated carbocycles. The van der Waals surface area contributed by atoms with Gasteiger partial charge in [0.15, 0.2) is 0 Å². The van der Waals surface area contributed by atoms with Gasteiger partial charge in [0.25, 0.3) is 0 Å². The molecule has 0 aliphatic heterocycles. The standard InChI is InChI=1S/C10H12N2OS.C2H6/c1-6(2)7-4-5-8(14-3)10-9(7)11-13-12-10;1-2/h4-6H,1-3H3;1-2H3. The van der Waals surface area contributed by atoms with E-state index in [1.165, 1.54) is 5.56 Å². The van der Waals surface area contributed by atoms with Crippen molar-refractivity contribution in [3.63, 3.8) is 0 Å². The Labute approximate surface area is 101 Å². The zero-order valence-electron chi connectivity index (χ0n) is 10.4. The zero-order valence-corrected chi connectivity index (χ0v) is 11.3. The molecule has 0 aliphatic carbocycles. The van der Waals surface area contributed by atoms with Crippen LogP contribution in [0.1, 0.15) is 39.2 Å². The molecule has 2 aromatic rings. The van der Waals surface area contributed by atoms with E-state index >= 15 is 0 Å². The van der Waals surface area contributed by atoms with Crippen molar-refractivity contribution >= 4 is 22.8 Å². The van der Waals surface area contributed by atoms with Gasteiger partial charge >= 0.3 is 0 Å². The number of rotatable bonds is 2. The Balaban J connectivity index is 0.000000606. The van der Waals surface area contributed by atoms with E-state index in [-0.39, 0.29) is 0 Å². The van der Waals surface area contributed by atoms with Crippen LogP contribution in [0, 0.1) is 0 Å². The van der Waals surface area contributed by atoms with Crippen molar-refractivity contribution in [2.45, 2.75) is 38.5 Å². The summed E-state index contributed by atoms with van der Waals surface area (Å²) in [6.07, 6.45) is 2.03. The highest BCUT2D eigenvalue weighted by Gasteiger charge is 2.12. The Bertz CT molecular complexity index is 451. The van der Waals surface area contributed by atoms with Gasteiger partial charge in [0.2, 0.25) is 0 Å². The summed E-state index contributed by atoms with van der Waals surface area (Å²) in [4.78, 5) is 1.12. The number of thioether (sulfide) groups is 1. The second-order valence-corrected chi connectivity index (χ2v) is 4.32. The minimum atomic E-state index is 0.445. The molecule has 2 rings (SSSR count). The van der Waals surface area contributed by atoms with Crippen LogP contribution in [0.4, 0.5) is 0 Å². The molecule has 0 fully saturated rings. The lowest BCUT2D eigenvalue weighted by atomic mass is 10.0. The van der Waals surface area contributed by atoms with E-state index < -0.39 is 0 Å². The highest BCUT2D eigenvalue weighted by molar-refractivity contribution is 7.98. The van der Waals surface area contributed by atoms with Gasteiger partial charge in [-0.05, 0) is 34.1 Å². The lowest BCUT2D eigenvalue weighted by Gasteiger charge is -2.05. The van der Waals surface area contributed by atoms with E-state index in [2.05, 4.69) is 36.3 Å². The fourth-order valence-electron chi connectivity index (χ4n) is 1.49. The molecule has 0 amide bonds. The summed E-state index contributed by atoms with van der Waals surface area (Å²) in [6, 6.07) is 4.18. The molecule has 0 unspecified atom stereocenters. The normalized spacial score (nSPS) is 10.4. The summed E-state index contributed by atoms with van der Waals surface area (Å²) in [7, 11) is 0. The average Bonchev–Trinajstić information content (AvgIpc) is 2.78. The molecule has 0 spiro atoms. The summed E-state index contributed by atoms with van der Waals surface area (Å²) >= 11 is 1.66. The van der Waals surface area contributed by atoms with Crippen molar-refractivity contribution in [3.05, 3.63) is 17.7 Å². The highest BCUT2D eigenvalue weighted by atomic mass is 32.2. The number of fused-ring (bicyclic) bond motifs is 1. The summed E-state index contributed by atoms with van der Waals surface area (Å²) in [5, 5.41) is 7.87. The molecular formula is C12H18N2OS. The van der Waals surface area contributed by atoms with E-state index in [1.54, 1.807) is 11.8 Å². The predicted octanol–water partition coefficient (Wildman–Crippen LogP) is 4.09. The average molecular weight is 238 g/mol. The maximum Gasteiger partial charge on any atom is 0.149 e. The molecule has 1 heterocycles. The lowest BCUT2D eigenvalue weighted by molar-refractivity contribution is 0.315. The molecule has 0 N–H and O–H groups in total. The summed E-state index contributed by atoms with van der Waals surface area (Å²) in [5.41, 5.74) is 2.97. The molecule has 1 aromatic carbocycles. The first-order chi connectivity index (χ1) is 7.74. The fourth-order valence-corrected chi connectivity index (χ4v) is 2.02. The van der Waals surface area contributed by atoms with Gasteiger partial charge < -0.3 is 0 Å². The van der Waals surface area contributed by atoms with E-state index in [4.69, 9.17) is 4.63 Å². The van der Waals surface area contributed by atoms with Crippen molar-refractivity contribution in [1.82, 2.24) is 10.3 Å². The van der Waals surface area contributed by atoms with Crippen LogP contribution in [-0.4, -0.2) is 16.6 Å². The first-order valence-corrected chi connectivity index (χ1v) is 6.75. The minimum absolute atomic E-state index is 0.445. The quantitative estimate of drug-likeness (QED) is 0.738. The molecule has 0 aliphatic rings. The summed E-state index contributed by atoms with van der Waals surface area (Å²) < 4.78 is 4.78. The second-order valence-electron chi connectivity index (χ2n) is 3.47.